The van der Waals surface area contributed by atoms with Crippen molar-refractivity contribution in [1.82, 2.24) is 9.97 Å². The molecule has 0 aliphatic carbocycles. The first-order chi connectivity index (χ1) is 27.0. The molecule has 2 heterocycles. The lowest BCUT2D eigenvalue weighted by molar-refractivity contribution is 1.20. The van der Waals surface area contributed by atoms with Crippen molar-refractivity contribution >= 4 is 61.5 Å². The Morgan fingerprint density at radius 2 is 0.836 bits per heavy atom. The lowest BCUT2D eigenvalue weighted by atomic mass is 9.91. The molecule has 0 atom stereocenters. The number of fused-ring (bicyclic) bond motifs is 11. The molecule has 0 amide bonds. The molecule has 1 aromatic heterocycles. The summed E-state index contributed by atoms with van der Waals surface area (Å²) in [6.07, 6.45) is 0. The summed E-state index contributed by atoms with van der Waals surface area (Å²) >= 11 is 0. The molecule has 258 valence electrons. The first-order valence-corrected chi connectivity index (χ1v) is 22.1. The van der Waals surface area contributed by atoms with Gasteiger partial charge in [0, 0.05) is 16.7 Å². The zero-order valence-electron chi connectivity index (χ0n) is 30.7. The van der Waals surface area contributed by atoms with Crippen LogP contribution in [0.4, 0.5) is 0 Å². The molecule has 0 N–H and O–H groups in total. The van der Waals surface area contributed by atoms with Crippen molar-refractivity contribution in [2.24, 2.45) is 0 Å². The molecule has 10 aromatic rings. The summed E-state index contributed by atoms with van der Waals surface area (Å²) in [6, 6.07) is 66.3. The maximum atomic E-state index is 5.44. The van der Waals surface area contributed by atoms with Crippen LogP contribution in [-0.4, -0.2) is 18.0 Å². The van der Waals surface area contributed by atoms with Gasteiger partial charge in [-0.1, -0.05) is 177 Å². The fourth-order valence-electron chi connectivity index (χ4n) is 9.15. The Morgan fingerprint density at radius 1 is 0.345 bits per heavy atom. The van der Waals surface area contributed by atoms with E-state index in [1.807, 2.05) is 0 Å². The number of rotatable bonds is 4. The van der Waals surface area contributed by atoms with Gasteiger partial charge in [0.25, 0.3) is 0 Å². The SMILES string of the molecule is C[Si]1(C)c2ccc3ccccc3c2-c2nc(-c3ccccc3)nc(-c3cccc(-c4cccc(-c5ccc6c7ccccc7c7ccccc7c6c5)c4)c3)c21. The van der Waals surface area contributed by atoms with Crippen LogP contribution in [0.1, 0.15) is 0 Å². The number of benzene rings is 9. The zero-order chi connectivity index (χ0) is 36.7. The van der Waals surface area contributed by atoms with Gasteiger partial charge in [0.2, 0.25) is 0 Å². The maximum Gasteiger partial charge on any atom is 0.160 e. The van der Waals surface area contributed by atoms with Crippen LogP contribution in [-0.2, 0) is 0 Å². The number of hydrogen-bond donors (Lipinski definition) is 0. The largest absolute Gasteiger partial charge is 0.228 e. The lowest BCUT2D eigenvalue weighted by Gasteiger charge is -2.22. The number of aromatic nitrogens is 2. The van der Waals surface area contributed by atoms with Gasteiger partial charge in [-0.2, -0.15) is 0 Å². The zero-order valence-corrected chi connectivity index (χ0v) is 31.7. The van der Waals surface area contributed by atoms with Crippen LogP contribution in [0.5, 0.6) is 0 Å². The molecule has 55 heavy (non-hydrogen) atoms. The molecule has 0 radical (unpaired) electrons. The third kappa shape index (κ3) is 4.94. The standard InChI is InChI=1S/C52H36N2Si/c1-55(2)47-29-27-33-14-6-7-21-40(33)48(47)50-51(55)49(53-52(54-50)34-15-4-3-5-16-34)39-20-13-19-37(31-39)35-17-12-18-36(30-35)38-26-28-45-43-24-9-8-22-41(43)42-23-10-11-25-44(42)46(45)32-38/h3-32H,1-2H3. The first-order valence-electron chi connectivity index (χ1n) is 19.1. The van der Waals surface area contributed by atoms with E-state index in [2.05, 4.69) is 195 Å². The van der Waals surface area contributed by atoms with Crippen molar-refractivity contribution in [3.63, 3.8) is 0 Å². The second-order valence-electron chi connectivity index (χ2n) is 15.3. The summed E-state index contributed by atoms with van der Waals surface area (Å²) in [7, 11) is -2.18. The third-order valence-electron chi connectivity index (χ3n) is 11.8. The van der Waals surface area contributed by atoms with Gasteiger partial charge in [0.1, 0.15) is 8.07 Å². The van der Waals surface area contributed by atoms with Crippen molar-refractivity contribution < 1.29 is 0 Å². The molecule has 0 saturated carbocycles. The van der Waals surface area contributed by atoms with Crippen LogP contribution in [0.25, 0.3) is 99.2 Å². The van der Waals surface area contributed by atoms with Gasteiger partial charge in [0.15, 0.2) is 5.82 Å². The highest BCUT2D eigenvalue weighted by molar-refractivity contribution is 7.04. The van der Waals surface area contributed by atoms with Crippen LogP contribution in [0.2, 0.25) is 13.1 Å². The Hall–Kier alpha value is -6.68. The second kappa shape index (κ2) is 12.2. The lowest BCUT2D eigenvalue weighted by Crippen LogP contribution is -2.50. The summed E-state index contributed by atoms with van der Waals surface area (Å²) in [4.78, 5) is 10.8. The Labute approximate surface area is 321 Å². The minimum Gasteiger partial charge on any atom is -0.228 e. The predicted octanol–water partition coefficient (Wildman–Crippen LogP) is 12.6. The highest BCUT2D eigenvalue weighted by Gasteiger charge is 2.42. The first kappa shape index (κ1) is 31.8. The fraction of sp³-hybridized carbons (Fsp3) is 0.0385. The predicted molar refractivity (Wildman–Crippen MR) is 236 cm³/mol. The van der Waals surface area contributed by atoms with E-state index in [-0.39, 0.29) is 0 Å². The van der Waals surface area contributed by atoms with E-state index in [1.54, 1.807) is 0 Å². The van der Waals surface area contributed by atoms with Crippen molar-refractivity contribution in [2.75, 3.05) is 0 Å². The maximum absolute atomic E-state index is 5.44. The Kier molecular flexibility index (Phi) is 7.04. The highest BCUT2D eigenvalue weighted by Crippen LogP contribution is 2.40. The Morgan fingerprint density at radius 3 is 1.51 bits per heavy atom. The average Bonchev–Trinajstić information content (AvgIpc) is 3.49. The van der Waals surface area contributed by atoms with E-state index in [1.165, 1.54) is 81.3 Å². The molecule has 11 rings (SSSR count). The summed E-state index contributed by atoms with van der Waals surface area (Å²) in [5.41, 5.74) is 10.3. The molecule has 1 aliphatic heterocycles. The van der Waals surface area contributed by atoms with E-state index in [0.29, 0.717) is 0 Å². The van der Waals surface area contributed by atoms with Gasteiger partial charge >= 0.3 is 0 Å². The summed E-state index contributed by atoms with van der Waals surface area (Å²) in [5.74, 6) is 0.768. The third-order valence-corrected chi connectivity index (χ3v) is 15.3. The normalized spacial score (nSPS) is 13.1. The van der Waals surface area contributed by atoms with Crippen molar-refractivity contribution in [1.29, 1.82) is 0 Å². The molecule has 0 saturated heterocycles. The van der Waals surface area contributed by atoms with Crippen molar-refractivity contribution in [2.45, 2.75) is 13.1 Å². The molecule has 0 unspecified atom stereocenters. The molecular weight excluding hydrogens is 681 g/mol. The molecule has 3 heteroatoms. The van der Waals surface area contributed by atoms with Crippen LogP contribution >= 0.6 is 0 Å². The van der Waals surface area contributed by atoms with Gasteiger partial charge in [-0.25, -0.2) is 9.97 Å². The minimum atomic E-state index is -2.18. The van der Waals surface area contributed by atoms with E-state index >= 15 is 0 Å². The van der Waals surface area contributed by atoms with Crippen LogP contribution in [0, 0.1) is 0 Å². The second-order valence-corrected chi connectivity index (χ2v) is 19.6. The highest BCUT2D eigenvalue weighted by atomic mass is 28.3. The minimum absolute atomic E-state index is 0.768. The van der Waals surface area contributed by atoms with E-state index < -0.39 is 8.07 Å². The van der Waals surface area contributed by atoms with Crippen molar-refractivity contribution in [3.05, 3.63) is 182 Å². The molecule has 0 spiro atoms. The molecule has 0 bridgehead atoms. The molecule has 9 aromatic carbocycles. The van der Waals surface area contributed by atoms with Crippen LogP contribution in [0.3, 0.4) is 0 Å². The smallest absolute Gasteiger partial charge is 0.160 e. The van der Waals surface area contributed by atoms with Crippen LogP contribution < -0.4 is 10.4 Å². The molecule has 0 fully saturated rings. The van der Waals surface area contributed by atoms with Gasteiger partial charge in [-0.3, -0.25) is 0 Å². The monoisotopic (exact) mass is 716 g/mol. The summed E-state index contributed by atoms with van der Waals surface area (Å²) in [5, 5.41) is 13.0. The number of hydrogen-bond acceptors (Lipinski definition) is 2. The summed E-state index contributed by atoms with van der Waals surface area (Å²) in [6.45, 7) is 4.93. The van der Waals surface area contributed by atoms with E-state index in [9.17, 15) is 0 Å². The van der Waals surface area contributed by atoms with E-state index in [0.717, 1.165) is 28.3 Å². The molecular formula is C52H36N2Si. The Balaban J connectivity index is 1.07. The van der Waals surface area contributed by atoms with E-state index in [4.69, 9.17) is 9.97 Å². The fourth-order valence-corrected chi connectivity index (χ4v) is 12.4. The Bertz CT molecular complexity index is 3150. The average molecular weight is 717 g/mol. The van der Waals surface area contributed by atoms with Crippen LogP contribution in [0.15, 0.2) is 182 Å². The topological polar surface area (TPSA) is 25.8 Å². The van der Waals surface area contributed by atoms with Crippen molar-refractivity contribution in [3.8, 4) is 56.2 Å². The molecule has 2 nitrogen and oxygen atoms in total. The summed E-state index contributed by atoms with van der Waals surface area (Å²) < 4.78 is 0. The van der Waals surface area contributed by atoms with Gasteiger partial charge < -0.3 is 0 Å². The number of nitrogens with zero attached hydrogens (tertiary/aromatic N) is 2. The molecule has 1 aliphatic rings. The quantitative estimate of drug-likeness (QED) is 0.134. The van der Waals surface area contributed by atoms with Gasteiger partial charge in [-0.05, 0) is 93.9 Å². The van der Waals surface area contributed by atoms with Gasteiger partial charge in [-0.15, -0.1) is 0 Å². The van der Waals surface area contributed by atoms with Gasteiger partial charge in [0.05, 0.1) is 11.4 Å².